The highest BCUT2D eigenvalue weighted by atomic mass is 79.9. The van der Waals surface area contributed by atoms with Crippen LogP contribution in [0.3, 0.4) is 0 Å². The van der Waals surface area contributed by atoms with E-state index in [2.05, 4.69) is 32.4 Å². The third-order valence-corrected chi connectivity index (χ3v) is 3.50. The van der Waals surface area contributed by atoms with Crippen molar-refractivity contribution < 1.29 is 0 Å². The van der Waals surface area contributed by atoms with Crippen molar-refractivity contribution in [1.82, 2.24) is 4.37 Å². The van der Waals surface area contributed by atoms with Crippen LogP contribution in [0.1, 0.15) is 11.3 Å². The third kappa shape index (κ3) is 1.49. The molecule has 0 aliphatic heterocycles. The molecule has 2 aromatic rings. The van der Waals surface area contributed by atoms with E-state index in [0.29, 0.717) is 6.54 Å². The van der Waals surface area contributed by atoms with Crippen LogP contribution in [0.15, 0.2) is 16.6 Å². The Morgan fingerprint density at radius 1 is 1.54 bits per heavy atom. The van der Waals surface area contributed by atoms with Crippen molar-refractivity contribution in [2.75, 3.05) is 0 Å². The van der Waals surface area contributed by atoms with Crippen LogP contribution in [0.2, 0.25) is 0 Å². The summed E-state index contributed by atoms with van der Waals surface area (Å²) < 4.78 is 6.59. The smallest absolute Gasteiger partial charge is 0.0598 e. The van der Waals surface area contributed by atoms with Crippen molar-refractivity contribution in [2.45, 2.75) is 13.5 Å². The van der Waals surface area contributed by atoms with E-state index >= 15 is 0 Å². The highest BCUT2D eigenvalue weighted by Crippen LogP contribution is 2.29. The lowest BCUT2D eigenvalue weighted by Crippen LogP contribution is -1.95. The molecular formula is C9H9BrN2S. The Labute approximate surface area is 89.1 Å². The van der Waals surface area contributed by atoms with Crippen LogP contribution in [0.5, 0.6) is 0 Å². The van der Waals surface area contributed by atoms with E-state index in [-0.39, 0.29) is 0 Å². The summed E-state index contributed by atoms with van der Waals surface area (Å²) in [5, 5.41) is 1.21. The van der Waals surface area contributed by atoms with Gasteiger partial charge in [-0.15, -0.1) is 0 Å². The van der Waals surface area contributed by atoms with Gasteiger partial charge in [0.25, 0.3) is 0 Å². The number of halogens is 1. The summed E-state index contributed by atoms with van der Waals surface area (Å²) in [6, 6.07) is 4.15. The summed E-state index contributed by atoms with van der Waals surface area (Å²) in [4.78, 5) is 0. The fourth-order valence-corrected chi connectivity index (χ4v) is 2.74. The molecule has 2 N–H and O–H groups in total. The molecule has 1 aromatic heterocycles. The summed E-state index contributed by atoms with van der Waals surface area (Å²) in [6.45, 7) is 2.59. The number of aromatic nitrogens is 1. The molecule has 1 heterocycles. The van der Waals surface area contributed by atoms with Gasteiger partial charge in [0.1, 0.15) is 0 Å². The zero-order valence-corrected chi connectivity index (χ0v) is 9.58. The number of aryl methyl sites for hydroxylation is 1. The number of benzene rings is 1. The molecule has 68 valence electrons. The maximum Gasteiger partial charge on any atom is 0.0598 e. The van der Waals surface area contributed by atoms with Crippen molar-refractivity contribution >= 4 is 37.5 Å². The Bertz CT molecular complexity index is 450. The lowest BCUT2D eigenvalue weighted by molar-refractivity contribution is 1.09. The lowest BCUT2D eigenvalue weighted by Gasteiger charge is -1.99. The van der Waals surface area contributed by atoms with Gasteiger partial charge in [-0.05, 0) is 36.2 Å². The van der Waals surface area contributed by atoms with Crippen molar-refractivity contribution in [1.29, 1.82) is 0 Å². The average Bonchev–Trinajstić information content (AvgIpc) is 2.47. The van der Waals surface area contributed by atoms with Gasteiger partial charge in [0.2, 0.25) is 0 Å². The zero-order chi connectivity index (χ0) is 9.42. The number of nitrogens with two attached hydrogens (primary N) is 1. The van der Waals surface area contributed by atoms with E-state index in [1.54, 1.807) is 0 Å². The molecule has 1 aromatic carbocycles. The normalized spacial score (nSPS) is 11.0. The SMILES string of the molecule is Cc1nsc2c(CN)cc(Br)cc12. The van der Waals surface area contributed by atoms with Gasteiger partial charge in [-0.2, -0.15) is 4.37 Å². The molecule has 0 saturated heterocycles. The molecule has 0 unspecified atom stereocenters. The van der Waals surface area contributed by atoms with Crippen molar-refractivity contribution in [2.24, 2.45) is 5.73 Å². The predicted molar refractivity (Wildman–Crippen MR) is 59.9 cm³/mol. The predicted octanol–water partition coefficient (Wildman–Crippen LogP) is 2.83. The minimum absolute atomic E-state index is 0.567. The molecule has 0 aliphatic rings. The van der Waals surface area contributed by atoms with Crippen LogP contribution >= 0.6 is 27.5 Å². The van der Waals surface area contributed by atoms with Crippen LogP contribution in [0.4, 0.5) is 0 Å². The molecule has 2 rings (SSSR count). The minimum atomic E-state index is 0.567. The minimum Gasteiger partial charge on any atom is -0.326 e. The Kier molecular flexibility index (Phi) is 2.36. The zero-order valence-electron chi connectivity index (χ0n) is 7.17. The second kappa shape index (κ2) is 3.36. The van der Waals surface area contributed by atoms with Gasteiger partial charge < -0.3 is 5.73 Å². The van der Waals surface area contributed by atoms with Gasteiger partial charge in [-0.3, -0.25) is 0 Å². The van der Waals surface area contributed by atoms with Gasteiger partial charge in [0.05, 0.1) is 10.4 Å². The number of rotatable bonds is 1. The van der Waals surface area contributed by atoms with Crippen LogP contribution in [0.25, 0.3) is 10.1 Å². The van der Waals surface area contributed by atoms with E-state index in [0.717, 1.165) is 15.7 Å². The fraction of sp³-hybridized carbons (Fsp3) is 0.222. The topological polar surface area (TPSA) is 38.9 Å². The van der Waals surface area contributed by atoms with E-state index in [4.69, 9.17) is 5.73 Å². The summed E-state index contributed by atoms with van der Waals surface area (Å²) in [5.74, 6) is 0. The Morgan fingerprint density at radius 3 is 3.00 bits per heavy atom. The maximum atomic E-state index is 5.65. The van der Waals surface area contributed by atoms with Gasteiger partial charge in [0.15, 0.2) is 0 Å². The molecular weight excluding hydrogens is 248 g/mol. The van der Waals surface area contributed by atoms with Gasteiger partial charge in [0, 0.05) is 16.4 Å². The molecule has 0 bridgehead atoms. The molecule has 0 atom stereocenters. The Morgan fingerprint density at radius 2 is 2.31 bits per heavy atom. The fourth-order valence-electron chi connectivity index (χ4n) is 1.34. The largest absolute Gasteiger partial charge is 0.326 e. The third-order valence-electron chi connectivity index (χ3n) is 2.01. The summed E-state index contributed by atoms with van der Waals surface area (Å²) >= 11 is 4.99. The van der Waals surface area contributed by atoms with Crippen LogP contribution in [0, 0.1) is 6.92 Å². The average molecular weight is 257 g/mol. The Hall–Kier alpha value is -0.450. The van der Waals surface area contributed by atoms with Crippen LogP contribution in [-0.2, 0) is 6.54 Å². The molecule has 0 radical (unpaired) electrons. The summed E-state index contributed by atoms with van der Waals surface area (Å²) in [6.07, 6.45) is 0. The van der Waals surface area contributed by atoms with E-state index < -0.39 is 0 Å². The first-order valence-electron chi connectivity index (χ1n) is 3.97. The van der Waals surface area contributed by atoms with Crippen LogP contribution in [-0.4, -0.2) is 4.37 Å². The molecule has 2 nitrogen and oxygen atoms in total. The highest BCUT2D eigenvalue weighted by Gasteiger charge is 2.07. The summed E-state index contributed by atoms with van der Waals surface area (Å²) in [5.41, 5.74) is 7.89. The second-order valence-electron chi connectivity index (χ2n) is 2.91. The molecule has 4 heteroatoms. The van der Waals surface area contributed by atoms with E-state index in [9.17, 15) is 0 Å². The maximum absolute atomic E-state index is 5.65. The van der Waals surface area contributed by atoms with E-state index in [1.165, 1.54) is 21.6 Å². The summed E-state index contributed by atoms with van der Waals surface area (Å²) in [7, 11) is 0. The monoisotopic (exact) mass is 256 g/mol. The van der Waals surface area contributed by atoms with Crippen LogP contribution < -0.4 is 5.73 Å². The van der Waals surface area contributed by atoms with Crippen molar-refractivity contribution in [3.63, 3.8) is 0 Å². The van der Waals surface area contributed by atoms with Gasteiger partial charge in [-0.1, -0.05) is 15.9 Å². The Balaban J connectivity index is 2.84. The standard InChI is InChI=1S/C9H9BrN2S/c1-5-8-3-7(10)2-6(4-11)9(8)13-12-5/h2-3H,4,11H2,1H3. The number of hydrogen-bond donors (Lipinski definition) is 1. The lowest BCUT2D eigenvalue weighted by atomic mass is 10.1. The van der Waals surface area contributed by atoms with Crippen molar-refractivity contribution in [3.05, 3.63) is 27.9 Å². The number of nitrogens with zero attached hydrogens (tertiary/aromatic N) is 1. The first-order valence-corrected chi connectivity index (χ1v) is 5.53. The number of hydrogen-bond acceptors (Lipinski definition) is 3. The van der Waals surface area contributed by atoms with Gasteiger partial charge in [-0.25, -0.2) is 0 Å². The number of fused-ring (bicyclic) bond motifs is 1. The highest BCUT2D eigenvalue weighted by molar-refractivity contribution is 9.10. The van der Waals surface area contributed by atoms with Gasteiger partial charge >= 0.3 is 0 Å². The van der Waals surface area contributed by atoms with E-state index in [1.807, 2.05) is 6.92 Å². The second-order valence-corrected chi connectivity index (χ2v) is 4.60. The molecule has 0 aliphatic carbocycles. The molecule has 0 spiro atoms. The molecule has 0 fully saturated rings. The molecule has 0 amide bonds. The first-order chi connectivity index (χ1) is 6.22. The molecule has 0 saturated carbocycles. The first kappa shape index (κ1) is 9.12. The quantitative estimate of drug-likeness (QED) is 0.853. The van der Waals surface area contributed by atoms with Crippen molar-refractivity contribution in [3.8, 4) is 0 Å². The molecule has 13 heavy (non-hydrogen) atoms.